The first-order valence-corrected chi connectivity index (χ1v) is 7.84. The number of methoxy groups -OCH3 is 1. The third-order valence-corrected chi connectivity index (χ3v) is 3.48. The Morgan fingerprint density at radius 2 is 2.25 bits per heavy atom. The van der Waals surface area contributed by atoms with Gasteiger partial charge in [0.15, 0.2) is 0 Å². The average Bonchev–Trinajstić information content (AvgIpc) is 2.78. The van der Waals surface area contributed by atoms with Gasteiger partial charge < -0.3 is 14.6 Å². The highest BCUT2D eigenvalue weighted by Crippen LogP contribution is 2.18. The molecule has 0 bridgehead atoms. The minimum Gasteiger partial charge on any atom is -0.383 e. The van der Waals surface area contributed by atoms with E-state index in [0.29, 0.717) is 19.7 Å². The van der Waals surface area contributed by atoms with Crippen molar-refractivity contribution in [1.82, 2.24) is 14.9 Å². The number of nitrogens with zero attached hydrogens (tertiary/aromatic N) is 2. The zero-order chi connectivity index (χ0) is 14.4. The number of thioether (sulfide) groups is 1. The molecule has 6 heteroatoms. The third-order valence-electron chi connectivity index (χ3n) is 2.94. The molecule has 1 aromatic carbocycles. The summed E-state index contributed by atoms with van der Waals surface area (Å²) in [4.78, 5) is 16.6. The number of rotatable bonds is 7. The number of nitrogens with one attached hydrogen (secondary N) is 1. The number of carbonyl (C=O) groups excluding carboxylic acids is 1. The number of ether oxygens (including phenoxy) is 1. The standard InChI is InChI=1S/C14H19N3O2S/c1-19-8-7-15-14(18)9-17-12-6-4-3-5-11(12)16-13(17)10-20-2/h3-6H,7-10H2,1-2H3,(H,15,18). The van der Waals surface area contributed by atoms with Crippen molar-refractivity contribution in [2.24, 2.45) is 0 Å². The molecule has 0 saturated heterocycles. The van der Waals surface area contributed by atoms with Crippen LogP contribution in [-0.4, -0.2) is 42.0 Å². The molecule has 0 saturated carbocycles. The van der Waals surface area contributed by atoms with Crippen LogP contribution in [0.15, 0.2) is 24.3 Å². The second-order valence-corrected chi connectivity index (χ2v) is 5.24. The molecule has 0 fully saturated rings. The lowest BCUT2D eigenvalue weighted by atomic mass is 10.3. The fourth-order valence-corrected chi connectivity index (χ4v) is 2.51. The van der Waals surface area contributed by atoms with Crippen LogP contribution in [-0.2, 0) is 21.8 Å². The van der Waals surface area contributed by atoms with Gasteiger partial charge in [0.2, 0.25) is 5.91 Å². The van der Waals surface area contributed by atoms with Crippen LogP contribution in [0.5, 0.6) is 0 Å². The summed E-state index contributed by atoms with van der Waals surface area (Å²) >= 11 is 1.70. The topological polar surface area (TPSA) is 56.1 Å². The van der Waals surface area contributed by atoms with E-state index in [1.807, 2.05) is 35.1 Å². The van der Waals surface area contributed by atoms with E-state index >= 15 is 0 Å². The second-order valence-electron chi connectivity index (χ2n) is 4.38. The van der Waals surface area contributed by atoms with E-state index in [4.69, 9.17) is 4.74 Å². The van der Waals surface area contributed by atoms with Crippen LogP contribution in [0.4, 0.5) is 0 Å². The lowest BCUT2D eigenvalue weighted by Gasteiger charge is -2.09. The SMILES string of the molecule is COCCNC(=O)Cn1c(CSC)nc2ccccc21. The number of hydrogen-bond donors (Lipinski definition) is 1. The van der Waals surface area contributed by atoms with Gasteiger partial charge in [-0.15, -0.1) is 0 Å². The average molecular weight is 293 g/mol. The third kappa shape index (κ3) is 3.52. The maximum Gasteiger partial charge on any atom is 0.240 e. The number of aromatic nitrogens is 2. The molecule has 0 radical (unpaired) electrons. The predicted octanol–water partition coefficient (Wildman–Crippen LogP) is 1.66. The van der Waals surface area contributed by atoms with E-state index in [9.17, 15) is 4.79 Å². The minimum atomic E-state index is -0.0208. The summed E-state index contributed by atoms with van der Waals surface area (Å²) in [5, 5.41) is 2.84. The normalized spacial score (nSPS) is 10.9. The summed E-state index contributed by atoms with van der Waals surface area (Å²) in [6.45, 7) is 1.34. The van der Waals surface area contributed by atoms with Crippen molar-refractivity contribution < 1.29 is 9.53 Å². The van der Waals surface area contributed by atoms with Gasteiger partial charge in [0.05, 0.1) is 23.4 Å². The van der Waals surface area contributed by atoms with Gasteiger partial charge in [0, 0.05) is 13.7 Å². The molecule has 2 aromatic rings. The van der Waals surface area contributed by atoms with Crippen molar-refractivity contribution in [3.8, 4) is 0 Å². The molecule has 0 aliphatic heterocycles. The molecule has 1 amide bonds. The van der Waals surface area contributed by atoms with Crippen LogP contribution in [0.2, 0.25) is 0 Å². The first-order chi connectivity index (χ1) is 9.76. The number of amides is 1. The van der Waals surface area contributed by atoms with Crippen molar-refractivity contribution >= 4 is 28.7 Å². The van der Waals surface area contributed by atoms with Gasteiger partial charge in [-0.05, 0) is 18.4 Å². The fourth-order valence-electron chi connectivity index (χ4n) is 2.03. The van der Waals surface area contributed by atoms with E-state index in [1.54, 1.807) is 18.9 Å². The molecule has 0 spiro atoms. The van der Waals surface area contributed by atoms with E-state index in [-0.39, 0.29) is 5.91 Å². The number of fused-ring (bicyclic) bond motifs is 1. The van der Waals surface area contributed by atoms with Gasteiger partial charge >= 0.3 is 0 Å². The lowest BCUT2D eigenvalue weighted by Crippen LogP contribution is -2.30. The van der Waals surface area contributed by atoms with Gasteiger partial charge in [0.1, 0.15) is 12.4 Å². The Labute approximate surface area is 122 Å². The number of imidazole rings is 1. The van der Waals surface area contributed by atoms with Crippen molar-refractivity contribution in [3.05, 3.63) is 30.1 Å². The van der Waals surface area contributed by atoms with Crippen LogP contribution < -0.4 is 5.32 Å². The lowest BCUT2D eigenvalue weighted by molar-refractivity contribution is -0.121. The monoisotopic (exact) mass is 293 g/mol. The Kier molecular flexibility index (Phi) is 5.43. The largest absolute Gasteiger partial charge is 0.383 e. The molecular formula is C14H19N3O2S. The Bertz CT molecular complexity index is 583. The van der Waals surface area contributed by atoms with Crippen LogP contribution in [0, 0.1) is 0 Å². The summed E-state index contributed by atoms with van der Waals surface area (Å²) in [6, 6.07) is 7.89. The zero-order valence-electron chi connectivity index (χ0n) is 11.8. The Balaban J connectivity index is 2.18. The Morgan fingerprint density at radius 3 is 3.00 bits per heavy atom. The number of para-hydroxylation sites is 2. The molecule has 20 heavy (non-hydrogen) atoms. The molecule has 1 heterocycles. The Hall–Kier alpha value is -1.53. The van der Waals surface area contributed by atoms with Crippen LogP contribution in [0.3, 0.4) is 0 Å². The van der Waals surface area contributed by atoms with Crippen LogP contribution in [0.1, 0.15) is 5.82 Å². The zero-order valence-corrected chi connectivity index (χ0v) is 12.6. The van der Waals surface area contributed by atoms with E-state index in [1.165, 1.54) is 0 Å². The molecule has 1 aromatic heterocycles. The first kappa shape index (κ1) is 14.9. The predicted molar refractivity (Wildman–Crippen MR) is 81.8 cm³/mol. The molecular weight excluding hydrogens is 274 g/mol. The van der Waals surface area contributed by atoms with Gasteiger partial charge in [-0.2, -0.15) is 11.8 Å². The molecule has 2 rings (SSSR count). The molecule has 0 unspecified atom stereocenters. The van der Waals surface area contributed by atoms with E-state index in [2.05, 4.69) is 10.3 Å². The van der Waals surface area contributed by atoms with Crippen molar-refractivity contribution in [2.45, 2.75) is 12.3 Å². The van der Waals surface area contributed by atoms with Gasteiger partial charge in [0.25, 0.3) is 0 Å². The first-order valence-electron chi connectivity index (χ1n) is 6.45. The van der Waals surface area contributed by atoms with Gasteiger partial charge in [-0.3, -0.25) is 4.79 Å². The number of hydrogen-bond acceptors (Lipinski definition) is 4. The number of carbonyl (C=O) groups is 1. The molecule has 0 atom stereocenters. The molecule has 1 N–H and O–H groups in total. The quantitative estimate of drug-likeness (QED) is 0.789. The maximum absolute atomic E-state index is 12.0. The molecule has 0 aliphatic carbocycles. The highest BCUT2D eigenvalue weighted by atomic mass is 32.2. The summed E-state index contributed by atoms with van der Waals surface area (Å²) in [6.07, 6.45) is 2.03. The van der Waals surface area contributed by atoms with Crippen molar-refractivity contribution in [1.29, 1.82) is 0 Å². The van der Waals surface area contributed by atoms with E-state index < -0.39 is 0 Å². The summed E-state index contributed by atoms with van der Waals surface area (Å²) in [5.41, 5.74) is 1.93. The number of benzene rings is 1. The molecule has 5 nitrogen and oxygen atoms in total. The van der Waals surface area contributed by atoms with Gasteiger partial charge in [-0.25, -0.2) is 4.98 Å². The van der Waals surface area contributed by atoms with Crippen molar-refractivity contribution in [2.75, 3.05) is 26.5 Å². The van der Waals surface area contributed by atoms with Crippen LogP contribution in [0.25, 0.3) is 11.0 Å². The molecule has 108 valence electrons. The highest BCUT2D eigenvalue weighted by molar-refractivity contribution is 7.97. The van der Waals surface area contributed by atoms with Crippen molar-refractivity contribution in [3.63, 3.8) is 0 Å². The molecule has 0 aliphatic rings. The highest BCUT2D eigenvalue weighted by Gasteiger charge is 2.12. The second kappa shape index (κ2) is 7.31. The summed E-state index contributed by atoms with van der Waals surface area (Å²) < 4.78 is 6.90. The fraction of sp³-hybridized carbons (Fsp3) is 0.429. The minimum absolute atomic E-state index is 0.0208. The van der Waals surface area contributed by atoms with Gasteiger partial charge in [-0.1, -0.05) is 12.1 Å². The van der Waals surface area contributed by atoms with Crippen LogP contribution >= 0.6 is 11.8 Å². The Morgan fingerprint density at radius 1 is 1.45 bits per heavy atom. The maximum atomic E-state index is 12.0. The summed E-state index contributed by atoms with van der Waals surface area (Å²) in [7, 11) is 1.62. The smallest absolute Gasteiger partial charge is 0.240 e. The van der Waals surface area contributed by atoms with E-state index in [0.717, 1.165) is 22.6 Å². The summed E-state index contributed by atoms with van der Waals surface area (Å²) in [5.74, 6) is 1.70.